The molecule has 0 aliphatic rings. The van der Waals surface area contributed by atoms with Crippen molar-refractivity contribution in [3.63, 3.8) is 0 Å². The SMILES string of the molecule is CCCCOc1[nH]c(N)c2[nH+]c(CC)c(CC)nc12. The van der Waals surface area contributed by atoms with Crippen molar-refractivity contribution in [2.45, 2.75) is 46.5 Å². The lowest BCUT2D eigenvalue weighted by Gasteiger charge is -2.03. The summed E-state index contributed by atoms with van der Waals surface area (Å²) in [5.74, 6) is 1.26. The molecule has 5 heteroatoms. The third kappa shape index (κ3) is 2.64. The van der Waals surface area contributed by atoms with Gasteiger partial charge in [-0.15, -0.1) is 0 Å². The van der Waals surface area contributed by atoms with Crippen LogP contribution in [0.1, 0.15) is 45.0 Å². The molecular formula is C14H23N4O+. The molecule has 0 saturated carbocycles. The monoisotopic (exact) mass is 263 g/mol. The minimum atomic E-state index is 0.589. The van der Waals surface area contributed by atoms with Crippen LogP contribution in [0.2, 0.25) is 0 Å². The van der Waals surface area contributed by atoms with Crippen LogP contribution < -0.4 is 15.5 Å². The van der Waals surface area contributed by atoms with Crippen LogP contribution in [0, 0.1) is 0 Å². The minimum Gasteiger partial charge on any atom is -0.477 e. The standard InChI is InChI=1S/C14H22N4O/c1-4-7-8-19-14-12-11(13(15)18-14)16-9(5-2)10(6-3)17-12/h18H,4-8,15H2,1-3H3/p+1. The van der Waals surface area contributed by atoms with E-state index in [9.17, 15) is 0 Å². The molecule has 19 heavy (non-hydrogen) atoms. The maximum Gasteiger partial charge on any atom is 0.275 e. The highest BCUT2D eigenvalue weighted by atomic mass is 16.5. The van der Waals surface area contributed by atoms with Gasteiger partial charge in [-0.1, -0.05) is 27.2 Å². The van der Waals surface area contributed by atoms with Crippen LogP contribution in [0.25, 0.3) is 11.0 Å². The first-order chi connectivity index (χ1) is 9.21. The van der Waals surface area contributed by atoms with E-state index in [2.05, 4.69) is 30.7 Å². The van der Waals surface area contributed by atoms with E-state index >= 15 is 0 Å². The van der Waals surface area contributed by atoms with Gasteiger partial charge in [-0.3, -0.25) is 0 Å². The van der Waals surface area contributed by atoms with Crippen molar-refractivity contribution >= 4 is 16.9 Å². The van der Waals surface area contributed by atoms with Crippen molar-refractivity contribution in [3.05, 3.63) is 11.4 Å². The van der Waals surface area contributed by atoms with Crippen LogP contribution in [0.15, 0.2) is 0 Å². The quantitative estimate of drug-likeness (QED) is 0.785. The summed E-state index contributed by atoms with van der Waals surface area (Å²) in [5, 5.41) is 0. The van der Waals surface area contributed by atoms with Gasteiger partial charge in [0.15, 0.2) is 11.3 Å². The highest BCUT2D eigenvalue weighted by Crippen LogP contribution is 2.26. The van der Waals surface area contributed by atoms with Crippen molar-refractivity contribution < 1.29 is 9.72 Å². The summed E-state index contributed by atoms with van der Waals surface area (Å²) in [6.07, 6.45) is 3.95. The van der Waals surface area contributed by atoms with E-state index in [1.165, 1.54) is 0 Å². The highest BCUT2D eigenvalue weighted by molar-refractivity contribution is 5.87. The van der Waals surface area contributed by atoms with E-state index in [-0.39, 0.29) is 0 Å². The summed E-state index contributed by atoms with van der Waals surface area (Å²) < 4.78 is 5.74. The second kappa shape index (κ2) is 5.91. The molecule has 5 nitrogen and oxygen atoms in total. The van der Waals surface area contributed by atoms with Gasteiger partial charge in [0.2, 0.25) is 11.6 Å². The zero-order valence-corrected chi connectivity index (χ0v) is 12.0. The first-order valence-corrected chi connectivity index (χ1v) is 7.06. The van der Waals surface area contributed by atoms with E-state index in [4.69, 9.17) is 15.5 Å². The van der Waals surface area contributed by atoms with Gasteiger partial charge in [0, 0.05) is 6.42 Å². The minimum absolute atomic E-state index is 0.589. The molecule has 0 spiro atoms. The van der Waals surface area contributed by atoms with Gasteiger partial charge in [-0.05, 0) is 12.8 Å². The molecule has 0 saturated heterocycles. The molecule has 2 aromatic heterocycles. The largest absolute Gasteiger partial charge is 0.477 e. The number of fused-ring (bicyclic) bond motifs is 1. The van der Waals surface area contributed by atoms with Crippen LogP contribution in [0.5, 0.6) is 5.88 Å². The highest BCUT2D eigenvalue weighted by Gasteiger charge is 2.21. The number of nitrogens with one attached hydrogen (secondary N) is 2. The fourth-order valence-electron chi connectivity index (χ4n) is 2.15. The molecule has 2 heterocycles. The van der Waals surface area contributed by atoms with Crippen molar-refractivity contribution in [2.24, 2.45) is 0 Å². The Morgan fingerprint density at radius 3 is 2.68 bits per heavy atom. The number of nitrogens with two attached hydrogens (primary N) is 1. The lowest BCUT2D eigenvalue weighted by Crippen LogP contribution is -2.17. The van der Waals surface area contributed by atoms with Gasteiger partial charge >= 0.3 is 0 Å². The first kappa shape index (κ1) is 13.6. The lowest BCUT2D eigenvalue weighted by molar-refractivity contribution is -0.358. The predicted molar refractivity (Wildman–Crippen MR) is 76.2 cm³/mol. The maximum absolute atomic E-state index is 5.99. The number of ether oxygens (including phenoxy) is 1. The summed E-state index contributed by atoms with van der Waals surface area (Å²) in [7, 11) is 0. The summed E-state index contributed by atoms with van der Waals surface area (Å²) >= 11 is 0. The molecule has 0 aromatic carbocycles. The fraction of sp³-hybridized carbons (Fsp3) is 0.571. The van der Waals surface area contributed by atoms with Crippen molar-refractivity contribution in [3.8, 4) is 5.88 Å². The zero-order chi connectivity index (χ0) is 13.8. The van der Waals surface area contributed by atoms with Gasteiger partial charge in [0.25, 0.3) is 5.52 Å². The number of rotatable bonds is 6. The van der Waals surface area contributed by atoms with E-state index in [0.29, 0.717) is 18.3 Å². The molecule has 0 atom stereocenters. The molecule has 0 bridgehead atoms. The molecule has 0 aliphatic heterocycles. The van der Waals surface area contributed by atoms with Crippen molar-refractivity contribution in [2.75, 3.05) is 12.3 Å². The van der Waals surface area contributed by atoms with Gasteiger partial charge in [0.1, 0.15) is 5.69 Å². The number of hydrogen-bond donors (Lipinski definition) is 2. The summed E-state index contributed by atoms with van der Waals surface area (Å²) in [6, 6.07) is 0. The third-order valence-corrected chi connectivity index (χ3v) is 3.27. The third-order valence-electron chi connectivity index (χ3n) is 3.27. The summed E-state index contributed by atoms with van der Waals surface area (Å²) in [6.45, 7) is 7.04. The Hall–Kier alpha value is -1.78. The molecule has 0 fully saturated rings. The molecular weight excluding hydrogens is 240 g/mol. The molecule has 2 rings (SSSR count). The van der Waals surface area contributed by atoms with Gasteiger partial charge in [-0.2, -0.15) is 0 Å². The second-order valence-corrected chi connectivity index (χ2v) is 4.66. The normalized spacial score (nSPS) is 11.1. The molecule has 0 amide bonds. The Balaban J connectivity index is 2.43. The molecule has 4 N–H and O–H groups in total. The van der Waals surface area contributed by atoms with Crippen molar-refractivity contribution in [1.82, 2.24) is 9.97 Å². The van der Waals surface area contributed by atoms with Crippen LogP contribution in [0.4, 0.5) is 5.82 Å². The number of aromatic nitrogens is 3. The Morgan fingerprint density at radius 1 is 1.26 bits per heavy atom. The number of anilines is 1. The van der Waals surface area contributed by atoms with Crippen LogP contribution >= 0.6 is 0 Å². The second-order valence-electron chi connectivity index (χ2n) is 4.66. The number of aryl methyl sites for hydroxylation is 2. The number of hydrogen-bond acceptors (Lipinski definition) is 3. The Labute approximate surface area is 113 Å². The van der Waals surface area contributed by atoms with Crippen LogP contribution in [-0.2, 0) is 12.8 Å². The summed E-state index contributed by atoms with van der Waals surface area (Å²) in [5.41, 5.74) is 9.86. The zero-order valence-electron chi connectivity index (χ0n) is 12.0. The average Bonchev–Trinajstić information content (AvgIpc) is 2.74. The average molecular weight is 263 g/mol. The van der Waals surface area contributed by atoms with Gasteiger partial charge in [0.05, 0.1) is 6.61 Å². The van der Waals surface area contributed by atoms with E-state index in [1.54, 1.807) is 0 Å². The Morgan fingerprint density at radius 2 is 2.05 bits per heavy atom. The number of nitrogens with zero attached hydrogens (tertiary/aromatic N) is 1. The van der Waals surface area contributed by atoms with E-state index < -0.39 is 0 Å². The Bertz CT molecular complexity index is 562. The van der Waals surface area contributed by atoms with E-state index in [0.717, 1.165) is 48.1 Å². The predicted octanol–water partition coefficient (Wildman–Crippen LogP) is 2.26. The molecule has 0 aliphatic carbocycles. The number of unbranched alkanes of at least 4 members (excludes halogenated alkanes) is 1. The lowest BCUT2D eigenvalue weighted by atomic mass is 10.2. The molecule has 2 aromatic rings. The molecule has 0 radical (unpaired) electrons. The smallest absolute Gasteiger partial charge is 0.275 e. The number of H-pyrrole nitrogens is 2. The number of aromatic amines is 2. The van der Waals surface area contributed by atoms with Crippen LogP contribution in [0.3, 0.4) is 0 Å². The maximum atomic E-state index is 5.99. The Kier molecular flexibility index (Phi) is 4.24. The molecule has 0 unspecified atom stereocenters. The first-order valence-electron chi connectivity index (χ1n) is 7.06. The van der Waals surface area contributed by atoms with E-state index in [1.807, 2.05) is 0 Å². The molecule has 104 valence electrons. The fourth-order valence-corrected chi connectivity index (χ4v) is 2.15. The number of nitrogen functional groups attached to an aromatic ring is 1. The van der Waals surface area contributed by atoms with Gasteiger partial charge in [-0.25, -0.2) is 9.97 Å². The van der Waals surface area contributed by atoms with Crippen LogP contribution in [-0.4, -0.2) is 16.6 Å². The van der Waals surface area contributed by atoms with Crippen molar-refractivity contribution in [1.29, 1.82) is 0 Å². The summed E-state index contributed by atoms with van der Waals surface area (Å²) in [4.78, 5) is 11.1. The topological polar surface area (TPSA) is 78.1 Å². The van der Waals surface area contributed by atoms with Gasteiger partial charge < -0.3 is 15.5 Å².